The summed E-state index contributed by atoms with van der Waals surface area (Å²) in [6.07, 6.45) is 3.58. The molecule has 1 fully saturated rings. The van der Waals surface area contributed by atoms with Crippen molar-refractivity contribution < 1.29 is 9.59 Å². The molecule has 2 rings (SSSR count). The van der Waals surface area contributed by atoms with Gasteiger partial charge in [-0.1, -0.05) is 25.8 Å². The van der Waals surface area contributed by atoms with Crippen LogP contribution < -0.4 is 10.2 Å². The first kappa shape index (κ1) is 16.5. The van der Waals surface area contributed by atoms with Crippen LogP contribution in [0.15, 0.2) is 18.2 Å². The number of amides is 2. The van der Waals surface area contributed by atoms with Crippen molar-refractivity contribution in [1.29, 1.82) is 0 Å². The Bertz CT molecular complexity index is 554. The van der Waals surface area contributed by atoms with E-state index < -0.39 is 0 Å². The molecule has 0 saturated carbocycles. The number of aryl methyl sites for hydroxylation is 2. The van der Waals surface area contributed by atoms with Crippen molar-refractivity contribution in [3.63, 3.8) is 0 Å². The SMILES string of the molecule is CCCCCNC(=O)[C@H]1CC(=O)N(c2ccc(C)c(C)c2)C1. The van der Waals surface area contributed by atoms with Gasteiger partial charge >= 0.3 is 0 Å². The molecule has 22 heavy (non-hydrogen) atoms. The van der Waals surface area contributed by atoms with Gasteiger partial charge in [0.05, 0.1) is 5.92 Å². The lowest BCUT2D eigenvalue weighted by Crippen LogP contribution is -2.33. The molecule has 1 aromatic carbocycles. The zero-order valence-corrected chi connectivity index (χ0v) is 13.8. The average molecular weight is 302 g/mol. The van der Waals surface area contributed by atoms with Crippen molar-refractivity contribution in [2.24, 2.45) is 5.92 Å². The number of unbranched alkanes of at least 4 members (excludes halogenated alkanes) is 2. The molecule has 1 aromatic rings. The fourth-order valence-electron chi connectivity index (χ4n) is 2.76. The van der Waals surface area contributed by atoms with Crippen molar-refractivity contribution in [2.75, 3.05) is 18.0 Å². The van der Waals surface area contributed by atoms with Crippen molar-refractivity contribution in [2.45, 2.75) is 46.5 Å². The minimum atomic E-state index is -0.226. The first-order valence-corrected chi connectivity index (χ1v) is 8.18. The third-order valence-electron chi connectivity index (χ3n) is 4.38. The number of anilines is 1. The molecule has 0 aliphatic carbocycles. The lowest BCUT2D eigenvalue weighted by molar-refractivity contribution is -0.126. The minimum absolute atomic E-state index is 0.00999. The normalized spacial score (nSPS) is 17.9. The first-order chi connectivity index (χ1) is 10.5. The van der Waals surface area contributed by atoms with E-state index in [1.807, 2.05) is 25.1 Å². The molecule has 1 atom stereocenters. The highest BCUT2D eigenvalue weighted by molar-refractivity contribution is 6.00. The van der Waals surface area contributed by atoms with Crippen LogP contribution in [0, 0.1) is 19.8 Å². The van der Waals surface area contributed by atoms with Crippen LogP contribution in [-0.2, 0) is 9.59 Å². The van der Waals surface area contributed by atoms with Gasteiger partial charge in [0.15, 0.2) is 0 Å². The molecule has 0 unspecified atom stereocenters. The molecule has 0 spiro atoms. The second-order valence-electron chi connectivity index (χ2n) is 6.17. The molecule has 1 N–H and O–H groups in total. The molecule has 120 valence electrons. The van der Waals surface area contributed by atoms with Crippen molar-refractivity contribution in [3.8, 4) is 0 Å². The van der Waals surface area contributed by atoms with Gasteiger partial charge < -0.3 is 10.2 Å². The molecule has 0 aromatic heterocycles. The van der Waals surface area contributed by atoms with Crippen LogP contribution in [0.25, 0.3) is 0 Å². The second-order valence-corrected chi connectivity index (χ2v) is 6.17. The van der Waals surface area contributed by atoms with Crippen LogP contribution >= 0.6 is 0 Å². The number of benzene rings is 1. The third-order valence-corrected chi connectivity index (χ3v) is 4.38. The Balaban J connectivity index is 1.95. The number of nitrogens with zero attached hydrogens (tertiary/aromatic N) is 1. The highest BCUT2D eigenvalue weighted by Crippen LogP contribution is 2.26. The van der Waals surface area contributed by atoms with Crippen LogP contribution in [0.2, 0.25) is 0 Å². The van der Waals surface area contributed by atoms with E-state index >= 15 is 0 Å². The molecular formula is C18H26N2O2. The lowest BCUT2D eigenvalue weighted by Gasteiger charge is -2.18. The zero-order chi connectivity index (χ0) is 16.1. The van der Waals surface area contributed by atoms with E-state index in [-0.39, 0.29) is 17.7 Å². The maximum atomic E-state index is 12.2. The maximum absolute atomic E-state index is 12.2. The van der Waals surface area contributed by atoms with Crippen LogP contribution in [0.1, 0.15) is 43.7 Å². The number of hydrogen-bond donors (Lipinski definition) is 1. The summed E-state index contributed by atoms with van der Waals surface area (Å²) in [6.45, 7) is 7.43. The standard InChI is InChI=1S/C18H26N2O2/c1-4-5-6-9-19-18(22)15-11-17(21)20(12-15)16-8-7-13(2)14(3)10-16/h7-8,10,15H,4-6,9,11-12H2,1-3H3,(H,19,22)/t15-/m0/s1. The fraction of sp³-hybridized carbons (Fsp3) is 0.556. The van der Waals surface area contributed by atoms with Crippen molar-refractivity contribution in [1.82, 2.24) is 5.32 Å². The Morgan fingerprint density at radius 2 is 2.05 bits per heavy atom. The molecule has 1 saturated heterocycles. The quantitative estimate of drug-likeness (QED) is 0.821. The van der Waals surface area contributed by atoms with E-state index in [9.17, 15) is 9.59 Å². The van der Waals surface area contributed by atoms with Crippen molar-refractivity contribution >= 4 is 17.5 Å². The summed E-state index contributed by atoms with van der Waals surface area (Å²) in [7, 11) is 0. The fourth-order valence-corrected chi connectivity index (χ4v) is 2.76. The summed E-state index contributed by atoms with van der Waals surface area (Å²) < 4.78 is 0. The second kappa shape index (κ2) is 7.43. The third kappa shape index (κ3) is 3.87. The summed E-state index contributed by atoms with van der Waals surface area (Å²) in [4.78, 5) is 26.1. The first-order valence-electron chi connectivity index (χ1n) is 8.18. The minimum Gasteiger partial charge on any atom is -0.356 e. The van der Waals surface area contributed by atoms with Crippen molar-refractivity contribution in [3.05, 3.63) is 29.3 Å². The summed E-state index contributed by atoms with van der Waals surface area (Å²) >= 11 is 0. The molecule has 1 aliphatic heterocycles. The van der Waals surface area contributed by atoms with Crippen LogP contribution in [0.4, 0.5) is 5.69 Å². The molecule has 0 radical (unpaired) electrons. The smallest absolute Gasteiger partial charge is 0.227 e. The molecule has 4 heteroatoms. The number of rotatable bonds is 6. The van der Waals surface area contributed by atoms with E-state index in [1.165, 1.54) is 5.56 Å². The van der Waals surface area contributed by atoms with Gasteiger partial charge in [-0.15, -0.1) is 0 Å². The Morgan fingerprint density at radius 3 is 2.73 bits per heavy atom. The summed E-state index contributed by atoms with van der Waals surface area (Å²) in [6, 6.07) is 6.01. The maximum Gasteiger partial charge on any atom is 0.227 e. The van der Waals surface area contributed by atoms with Gasteiger partial charge in [0.2, 0.25) is 11.8 Å². The Morgan fingerprint density at radius 1 is 1.27 bits per heavy atom. The summed E-state index contributed by atoms with van der Waals surface area (Å²) in [5.41, 5.74) is 3.27. The predicted octanol–water partition coefficient (Wildman–Crippen LogP) is 2.96. The summed E-state index contributed by atoms with van der Waals surface area (Å²) in [5.74, 6) is -0.177. The van der Waals surface area contributed by atoms with Gasteiger partial charge in [-0.3, -0.25) is 9.59 Å². The van der Waals surface area contributed by atoms with Gasteiger partial charge in [0, 0.05) is 25.2 Å². The van der Waals surface area contributed by atoms with Crippen LogP contribution in [0.5, 0.6) is 0 Å². The molecular weight excluding hydrogens is 276 g/mol. The molecule has 0 bridgehead atoms. The average Bonchev–Trinajstić information content (AvgIpc) is 2.88. The Kier molecular flexibility index (Phi) is 5.58. The van der Waals surface area contributed by atoms with Gasteiger partial charge in [-0.05, 0) is 43.5 Å². The van der Waals surface area contributed by atoms with Crippen LogP contribution in [-0.4, -0.2) is 24.9 Å². The number of carbonyl (C=O) groups is 2. The van der Waals surface area contributed by atoms with E-state index in [4.69, 9.17) is 0 Å². The van der Waals surface area contributed by atoms with Gasteiger partial charge in [0.1, 0.15) is 0 Å². The Hall–Kier alpha value is -1.84. The highest BCUT2D eigenvalue weighted by atomic mass is 16.2. The van der Waals surface area contributed by atoms with Gasteiger partial charge in [-0.25, -0.2) is 0 Å². The van der Waals surface area contributed by atoms with Gasteiger partial charge in [-0.2, -0.15) is 0 Å². The largest absolute Gasteiger partial charge is 0.356 e. The molecule has 1 aliphatic rings. The molecule has 4 nitrogen and oxygen atoms in total. The Labute approximate surface area is 132 Å². The topological polar surface area (TPSA) is 49.4 Å². The predicted molar refractivity (Wildman–Crippen MR) is 88.9 cm³/mol. The highest BCUT2D eigenvalue weighted by Gasteiger charge is 2.34. The van der Waals surface area contributed by atoms with E-state index in [2.05, 4.69) is 19.2 Å². The zero-order valence-electron chi connectivity index (χ0n) is 13.8. The summed E-state index contributed by atoms with van der Waals surface area (Å²) in [5, 5.41) is 2.95. The number of nitrogens with one attached hydrogen (secondary N) is 1. The monoisotopic (exact) mass is 302 g/mol. The molecule has 1 heterocycles. The lowest BCUT2D eigenvalue weighted by atomic mass is 10.1. The van der Waals surface area contributed by atoms with E-state index in [1.54, 1.807) is 4.90 Å². The molecule has 2 amide bonds. The number of hydrogen-bond acceptors (Lipinski definition) is 2. The van der Waals surface area contributed by atoms with E-state index in [0.29, 0.717) is 19.5 Å². The van der Waals surface area contributed by atoms with E-state index in [0.717, 1.165) is 30.5 Å². The number of carbonyl (C=O) groups excluding carboxylic acids is 2. The van der Waals surface area contributed by atoms with Crippen LogP contribution in [0.3, 0.4) is 0 Å². The van der Waals surface area contributed by atoms with Gasteiger partial charge in [0.25, 0.3) is 0 Å².